The van der Waals surface area contributed by atoms with Crippen LogP contribution >= 0.6 is 0 Å². The van der Waals surface area contributed by atoms with E-state index in [1.54, 1.807) is 30.3 Å². The van der Waals surface area contributed by atoms with Crippen LogP contribution in [0.25, 0.3) is 0 Å². The molecule has 4 nitrogen and oxygen atoms in total. The monoisotopic (exact) mass is 297 g/mol. The van der Waals surface area contributed by atoms with Gasteiger partial charge in [0.2, 0.25) is 0 Å². The molecule has 0 aromatic heterocycles. The van der Waals surface area contributed by atoms with Crippen molar-refractivity contribution in [2.24, 2.45) is 0 Å². The van der Waals surface area contributed by atoms with Gasteiger partial charge in [0.25, 0.3) is 5.69 Å². The molecule has 2 rings (SSSR count). The minimum Gasteiger partial charge on any atom is -0.489 e. The minimum absolute atomic E-state index is 0.0724. The Labute approximate surface area is 117 Å². The average Bonchev–Trinajstić information content (AvgIpc) is 2.45. The number of nitro benzene ring substituents is 1. The normalized spacial score (nSPS) is 11.2. The predicted molar refractivity (Wildman–Crippen MR) is 68.9 cm³/mol. The third-order valence-corrected chi connectivity index (χ3v) is 2.72. The molecule has 2 aromatic carbocycles. The number of ether oxygens (including phenoxy) is 1. The first-order chi connectivity index (χ1) is 9.88. The van der Waals surface area contributed by atoms with Gasteiger partial charge in [-0.3, -0.25) is 10.1 Å². The number of hydrogen-bond acceptors (Lipinski definition) is 3. The zero-order valence-corrected chi connectivity index (χ0v) is 10.6. The van der Waals surface area contributed by atoms with Crippen LogP contribution in [0.15, 0.2) is 48.5 Å². The van der Waals surface area contributed by atoms with E-state index in [0.29, 0.717) is 6.07 Å². The van der Waals surface area contributed by atoms with Gasteiger partial charge in [0.15, 0.2) is 0 Å². The van der Waals surface area contributed by atoms with Gasteiger partial charge in [-0.2, -0.15) is 13.2 Å². The van der Waals surface area contributed by atoms with E-state index in [2.05, 4.69) is 0 Å². The fourth-order valence-corrected chi connectivity index (χ4v) is 1.73. The van der Waals surface area contributed by atoms with Crippen molar-refractivity contribution < 1.29 is 22.8 Å². The van der Waals surface area contributed by atoms with Crippen LogP contribution in [0.1, 0.15) is 11.1 Å². The van der Waals surface area contributed by atoms with Crippen LogP contribution in [0.4, 0.5) is 18.9 Å². The van der Waals surface area contributed by atoms with E-state index in [9.17, 15) is 23.3 Å². The first kappa shape index (κ1) is 14.8. The average molecular weight is 297 g/mol. The lowest BCUT2D eigenvalue weighted by Crippen LogP contribution is -2.09. The summed E-state index contributed by atoms with van der Waals surface area (Å²) in [4.78, 5) is 9.56. The van der Waals surface area contributed by atoms with E-state index in [1.807, 2.05) is 0 Å². The van der Waals surface area contributed by atoms with Crippen LogP contribution in [-0.2, 0) is 12.8 Å². The first-order valence-corrected chi connectivity index (χ1v) is 5.90. The molecule has 2 aromatic rings. The highest BCUT2D eigenvalue weighted by Crippen LogP contribution is 2.38. The molecule has 0 N–H and O–H groups in total. The largest absolute Gasteiger partial charge is 0.489 e. The molecular weight excluding hydrogens is 287 g/mol. The third kappa shape index (κ3) is 3.71. The van der Waals surface area contributed by atoms with Gasteiger partial charge >= 0.3 is 6.18 Å². The molecule has 0 aliphatic carbocycles. The maximum Gasteiger partial charge on any atom is 0.423 e. The fraction of sp³-hybridized carbons (Fsp3) is 0.143. The highest BCUT2D eigenvalue weighted by molar-refractivity contribution is 5.47. The molecule has 0 saturated heterocycles. The van der Waals surface area contributed by atoms with Crippen LogP contribution < -0.4 is 4.74 Å². The van der Waals surface area contributed by atoms with Crippen LogP contribution in [-0.4, -0.2) is 4.92 Å². The Morgan fingerprint density at radius 1 is 1.10 bits per heavy atom. The number of nitrogens with zero attached hydrogens (tertiary/aromatic N) is 1. The van der Waals surface area contributed by atoms with Gasteiger partial charge in [-0.1, -0.05) is 30.3 Å². The van der Waals surface area contributed by atoms with Gasteiger partial charge in [0.1, 0.15) is 17.9 Å². The number of halogens is 3. The second-order valence-electron chi connectivity index (χ2n) is 4.21. The maximum absolute atomic E-state index is 12.8. The highest BCUT2D eigenvalue weighted by Gasteiger charge is 2.38. The number of hydrogen-bond donors (Lipinski definition) is 0. The van der Waals surface area contributed by atoms with Crippen molar-refractivity contribution in [3.05, 3.63) is 69.8 Å². The van der Waals surface area contributed by atoms with E-state index >= 15 is 0 Å². The third-order valence-electron chi connectivity index (χ3n) is 2.72. The molecule has 7 heteroatoms. The molecule has 0 aliphatic rings. The Morgan fingerprint density at radius 2 is 1.76 bits per heavy atom. The molecule has 110 valence electrons. The van der Waals surface area contributed by atoms with Gasteiger partial charge in [-0.05, 0) is 17.7 Å². The fourth-order valence-electron chi connectivity index (χ4n) is 1.73. The summed E-state index contributed by atoms with van der Waals surface area (Å²) < 4.78 is 43.6. The van der Waals surface area contributed by atoms with Crippen LogP contribution in [0, 0.1) is 10.1 Å². The molecule has 0 fully saturated rings. The standard InChI is InChI=1S/C14H10F3NO3/c15-14(16,17)12-8-11(6-7-13(12)18(19)20)21-9-10-4-2-1-3-5-10/h1-8H,9H2. The van der Waals surface area contributed by atoms with Crippen molar-refractivity contribution in [2.75, 3.05) is 0 Å². The Bertz CT molecular complexity index is 642. The Hall–Kier alpha value is -2.57. The zero-order valence-electron chi connectivity index (χ0n) is 10.6. The highest BCUT2D eigenvalue weighted by atomic mass is 19.4. The smallest absolute Gasteiger partial charge is 0.423 e. The van der Waals surface area contributed by atoms with Gasteiger partial charge in [0.05, 0.1) is 4.92 Å². The van der Waals surface area contributed by atoms with Gasteiger partial charge < -0.3 is 4.74 Å². The van der Waals surface area contributed by atoms with Gasteiger partial charge in [0, 0.05) is 6.07 Å². The minimum atomic E-state index is -4.81. The SMILES string of the molecule is O=[N+]([O-])c1ccc(OCc2ccccc2)cc1C(F)(F)F. The van der Waals surface area contributed by atoms with Crippen molar-refractivity contribution in [3.8, 4) is 5.75 Å². The lowest BCUT2D eigenvalue weighted by molar-refractivity contribution is -0.388. The number of rotatable bonds is 4. The summed E-state index contributed by atoms with van der Waals surface area (Å²) in [6, 6.07) is 11.5. The Balaban J connectivity index is 2.24. The Kier molecular flexibility index (Phi) is 4.11. The molecule has 0 aliphatic heterocycles. The van der Waals surface area contributed by atoms with Crippen LogP contribution in [0.5, 0.6) is 5.75 Å². The summed E-state index contributed by atoms with van der Waals surface area (Å²) >= 11 is 0. The van der Waals surface area contributed by atoms with Crippen molar-refractivity contribution >= 4 is 5.69 Å². The number of nitro groups is 1. The molecule has 0 spiro atoms. The van der Waals surface area contributed by atoms with E-state index in [4.69, 9.17) is 4.74 Å². The lowest BCUT2D eigenvalue weighted by Gasteiger charge is -2.11. The summed E-state index contributed by atoms with van der Waals surface area (Å²) in [6.07, 6.45) is -4.81. The number of benzene rings is 2. The second kappa shape index (κ2) is 5.82. The molecule has 0 radical (unpaired) electrons. The van der Waals surface area contributed by atoms with Crippen molar-refractivity contribution in [1.82, 2.24) is 0 Å². The first-order valence-electron chi connectivity index (χ1n) is 5.90. The number of alkyl halides is 3. The van der Waals surface area contributed by atoms with Crippen molar-refractivity contribution in [1.29, 1.82) is 0 Å². The topological polar surface area (TPSA) is 52.4 Å². The lowest BCUT2D eigenvalue weighted by atomic mass is 10.1. The summed E-state index contributed by atoms with van der Waals surface area (Å²) in [6.45, 7) is 0.0793. The molecular formula is C14H10F3NO3. The van der Waals surface area contributed by atoms with E-state index in [1.165, 1.54) is 0 Å². The second-order valence-corrected chi connectivity index (χ2v) is 4.21. The molecule has 0 bridgehead atoms. The summed E-state index contributed by atoms with van der Waals surface area (Å²) in [5.41, 5.74) is -1.53. The van der Waals surface area contributed by atoms with E-state index < -0.39 is 22.4 Å². The summed E-state index contributed by atoms with van der Waals surface area (Å²) in [7, 11) is 0. The van der Waals surface area contributed by atoms with Crippen molar-refractivity contribution in [2.45, 2.75) is 12.8 Å². The Morgan fingerprint density at radius 3 is 2.33 bits per heavy atom. The quantitative estimate of drug-likeness (QED) is 0.628. The molecule has 0 saturated carbocycles. The van der Waals surface area contributed by atoms with Crippen LogP contribution in [0.3, 0.4) is 0 Å². The summed E-state index contributed by atoms with van der Waals surface area (Å²) in [5.74, 6) is -0.0724. The molecule has 0 atom stereocenters. The van der Waals surface area contributed by atoms with Gasteiger partial charge in [-0.15, -0.1) is 0 Å². The predicted octanol–water partition coefficient (Wildman–Crippen LogP) is 4.19. The molecule has 0 amide bonds. The van der Waals surface area contributed by atoms with Crippen LogP contribution in [0.2, 0.25) is 0 Å². The van der Waals surface area contributed by atoms with Crippen molar-refractivity contribution in [3.63, 3.8) is 0 Å². The molecule has 0 unspecified atom stereocenters. The van der Waals surface area contributed by atoms with E-state index in [0.717, 1.165) is 17.7 Å². The summed E-state index contributed by atoms with van der Waals surface area (Å²) in [5, 5.41) is 10.6. The maximum atomic E-state index is 12.8. The molecule has 0 heterocycles. The van der Waals surface area contributed by atoms with E-state index in [-0.39, 0.29) is 12.4 Å². The van der Waals surface area contributed by atoms with Gasteiger partial charge in [-0.25, -0.2) is 0 Å². The zero-order chi connectivity index (χ0) is 15.5. The molecule has 21 heavy (non-hydrogen) atoms.